The van der Waals surface area contributed by atoms with E-state index in [1.54, 1.807) is 0 Å². The van der Waals surface area contributed by atoms with E-state index in [0.29, 0.717) is 0 Å². The summed E-state index contributed by atoms with van der Waals surface area (Å²) in [6.45, 7) is 0. The molecule has 0 unspecified atom stereocenters. The van der Waals surface area contributed by atoms with Crippen molar-refractivity contribution in [2.45, 2.75) is 0 Å². The number of rotatable bonds is 1. The lowest BCUT2D eigenvalue weighted by Gasteiger charge is -1.97. The zero-order valence-electron chi connectivity index (χ0n) is 6.25. The van der Waals surface area contributed by atoms with Gasteiger partial charge in [0, 0.05) is 4.47 Å². The van der Waals surface area contributed by atoms with Crippen molar-refractivity contribution in [1.82, 2.24) is 0 Å². The average Bonchev–Trinajstić information content (AvgIpc) is 2.04. The van der Waals surface area contributed by atoms with E-state index in [1.807, 2.05) is 0 Å². The van der Waals surface area contributed by atoms with Crippen molar-refractivity contribution in [3.8, 4) is 0 Å². The highest BCUT2D eigenvalue weighted by Gasteiger charge is 2.08. The van der Waals surface area contributed by atoms with Gasteiger partial charge in [0.25, 0.3) is 5.91 Å². The minimum absolute atomic E-state index is 0.129. The Balaban J connectivity index is 3.16. The Bertz CT molecular complexity index is 399. The van der Waals surface area contributed by atoms with Crippen molar-refractivity contribution in [2.75, 3.05) is 0 Å². The number of hydrogen-bond acceptors (Lipinski definition) is 2. The van der Waals surface area contributed by atoms with Crippen LogP contribution in [0.15, 0.2) is 27.7 Å². The van der Waals surface area contributed by atoms with E-state index in [-0.39, 0.29) is 10.0 Å². The van der Waals surface area contributed by atoms with Gasteiger partial charge in [-0.25, -0.2) is 9.18 Å². The molecule has 0 spiro atoms. The number of nitrogens with zero attached hydrogens (tertiary/aromatic N) is 1. The topological polar surface area (TPSA) is 46.5 Å². The number of benzene rings is 1. The summed E-state index contributed by atoms with van der Waals surface area (Å²) in [5.74, 6) is -1.22. The van der Waals surface area contributed by atoms with Gasteiger partial charge in [0.1, 0.15) is 5.82 Å². The van der Waals surface area contributed by atoms with Gasteiger partial charge in [0.2, 0.25) is 6.08 Å². The molecule has 0 N–H and O–H groups in total. The summed E-state index contributed by atoms with van der Waals surface area (Å²) in [5, 5.41) is 0. The van der Waals surface area contributed by atoms with Crippen LogP contribution >= 0.6 is 15.9 Å². The number of isocyanates is 1. The van der Waals surface area contributed by atoms with Crippen molar-refractivity contribution in [3.63, 3.8) is 0 Å². The maximum Gasteiger partial charge on any atom is 0.288 e. The summed E-state index contributed by atoms with van der Waals surface area (Å²) >= 11 is 2.97. The number of aliphatic imine (C=N–C) groups is 1. The van der Waals surface area contributed by atoms with E-state index >= 15 is 0 Å². The average molecular weight is 244 g/mol. The summed E-state index contributed by atoms with van der Waals surface area (Å²) in [5.41, 5.74) is 0.129. The third-order valence-electron chi connectivity index (χ3n) is 1.31. The standard InChI is InChI=1S/C8H3BrFNO2/c9-7-3-5(10)1-2-6(7)8(13)11-4-12/h1-3H. The van der Waals surface area contributed by atoms with Crippen LogP contribution < -0.4 is 0 Å². The summed E-state index contributed by atoms with van der Waals surface area (Å²) < 4.78 is 12.8. The molecule has 1 aromatic rings. The quantitative estimate of drug-likeness (QED) is 0.560. The van der Waals surface area contributed by atoms with Gasteiger partial charge in [0.05, 0.1) is 5.56 Å². The van der Waals surface area contributed by atoms with Gasteiger partial charge in [-0.15, -0.1) is 4.99 Å². The van der Waals surface area contributed by atoms with Crippen LogP contribution in [0.3, 0.4) is 0 Å². The van der Waals surface area contributed by atoms with E-state index in [4.69, 9.17) is 0 Å². The molecule has 1 rings (SSSR count). The Labute approximate surface area is 81.4 Å². The van der Waals surface area contributed by atoms with Crippen molar-refractivity contribution in [3.05, 3.63) is 34.1 Å². The summed E-state index contributed by atoms with van der Waals surface area (Å²) in [4.78, 5) is 23.6. The number of halogens is 2. The molecule has 1 amide bonds. The molecule has 0 aliphatic carbocycles. The van der Waals surface area contributed by atoms with E-state index < -0.39 is 11.7 Å². The van der Waals surface area contributed by atoms with Gasteiger partial charge in [0.15, 0.2) is 0 Å². The molecule has 0 aliphatic heterocycles. The number of hydrogen-bond donors (Lipinski definition) is 0. The first kappa shape index (κ1) is 9.77. The third-order valence-corrected chi connectivity index (χ3v) is 1.96. The highest BCUT2D eigenvalue weighted by Crippen LogP contribution is 2.18. The first-order valence-corrected chi connectivity index (χ1v) is 4.01. The molecule has 0 aliphatic rings. The van der Waals surface area contributed by atoms with Crippen LogP contribution in [0, 0.1) is 5.82 Å². The van der Waals surface area contributed by atoms with Crippen LogP contribution in [-0.2, 0) is 4.79 Å². The van der Waals surface area contributed by atoms with E-state index in [9.17, 15) is 14.0 Å². The lowest BCUT2D eigenvalue weighted by Crippen LogP contribution is -1.95. The molecule has 0 aromatic heterocycles. The van der Waals surface area contributed by atoms with Gasteiger partial charge in [-0.2, -0.15) is 0 Å². The Hall–Kier alpha value is -1.32. The molecule has 5 heteroatoms. The van der Waals surface area contributed by atoms with E-state index in [1.165, 1.54) is 6.07 Å². The maximum absolute atomic E-state index is 12.5. The van der Waals surface area contributed by atoms with Crippen LogP contribution in [-0.4, -0.2) is 12.0 Å². The monoisotopic (exact) mass is 243 g/mol. The first-order valence-electron chi connectivity index (χ1n) is 3.22. The van der Waals surface area contributed by atoms with Gasteiger partial charge in [-0.05, 0) is 34.1 Å². The van der Waals surface area contributed by atoms with Gasteiger partial charge >= 0.3 is 0 Å². The molecule has 0 saturated carbocycles. The molecular weight excluding hydrogens is 241 g/mol. The second-order valence-corrected chi connectivity index (χ2v) is 2.99. The second-order valence-electron chi connectivity index (χ2n) is 2.13. The minimum Gasteiger partial charge on any atom is -0.266 e. The zero-order valence-corrected chi connectivity index (χ0v) is 7.84. The highest BCUT2D eigenvalue weighted by molar-refractivity contribution is 9.10. The third kappa shape index (κ3) is 2.31. The fourth-order valence-corrected chi connectivity index (χ4v) is 1.29. The smallest absolute Gasteiger partial charge is 0.266 e. The van der Waals surface area contributed by atoms with Crippen molar-refractivity contribution in [1.29, 1.82) is 0 Å². The number of carbonyl (C=O) groups excluding carboxylic acids is 2. The molecule has 0 saturated heterocycles. The number of amides is 1. The second kappa shape index (κ2) is 4.07. The van der Waals surface area contributed by atoms with Crippen molar-refractivity contribution >= 4 is 27.9 Å². The highest BCUT2D eigenvalue weighted by atomic mass is 79.9. The summed E-state index contributed by atoms with van der Waals surface area (Å²) in [6, 6.07) is 3.47. The molecule has 0 radical (unpaired) electrons. The molecule has 13 heavy (non-hydrogen) atoms. The molecule has 66 valence electrons. The van der Waals surface area contributed by atoms with Crippen molar-refractivity contribution < 1.29 is 14.0 Å². The van der Waals surface area contributed by atoms with Gasteiger partial charge < -0.3 is 0 Å². The summed E-state index contributed by atoms with van der Waals surface area (Å²) in [7, 11) is 0. The molecule has 1 aromatic carbocycles. The van der Waals surface area contributed by atoms with Crippen molar-refractivity contribution in [2.24, 2.45) is 4.99 Å². The minimum atomic E-state index is -0.748. The first-order chi connectivity index (χ1) is 6.15. The van der Waals surface area contributed by atoms with Crippen LogP contribution in [0.25, 0.3) is 0 Å². The lowest BCUT2D eigenvalue weighted by molar-refractivity contribution is 0.100. The van der Waals surface area contributed by atoms with Crippen LogP contribution in [0.1, 0.15) is 10.4 Å². The normalized spacial score (nSPS) is 9.08. The van der Waals surface area contributed by atoms with Crippen LogP contribution in [0.2, 0.25) is 0 Å². The molecule has 0 fully saturated rings. The fraction of sp³-hybridized carbons (Fsp3) is 0. The van der Waals surface area contributed by atoms with Crippen LogP contribution in [0.4, 0.5) is 4.39 Å². The van der Waals surface area contributed by atoms with Gasteiger partial charge in [-0.1, -0.05) is 0 Å². The van der Waals surface area contributed by atoms with E-state index in [2.05, 4.69) is 20.9 Å². The molecule has 0 heterocycles. The Morgan fingerprint density at radius 2 is 2.23 bits per heavy atom. The Kier molecular flexibility index (Phi) is 3.06. The van der Waals surface area contributed by atoms with E-state index in [0.717, 1.165) is 18.2 Å². The molecule has 0 atom stereocenters. The van der Waals surface area contributed by atoms with Gasteiger partial charge in [-0.3, -0.25) is 4.79 Å². The lowest BCUT2D eigenvalue weighted by atomic mass is 10.2. The predicted molar refractivity (Wildman–Crippen MR) is 46.6 cm³/mol. The fourth-order valence-electron chi connectivity index (χ4n) is 0.765. The summed E-state index contributed by atoms with van der Waals surface area (Å²) in [6.07, 6.45) is 1.12. The number of carbonyl (C=O) groups is 1. The SMILES string of the molecule is O=C=NC(=O)c1ccc(F)cc1Br. The predicted octanol–water partition coefficient (Wildman–Crippen LogP) is 2.06. The Morgan fingerprint density at radius 1 is 1.54 bits per heavy atom. The maximum atomic E-state index is 12.5. The zero-order chi connectivity index (χ0) is 9.84. The van der Waals surface area contributed by atoms with Crippen LogP contribution in [0.5, 0.6) is 0 Å². The largest absolute Gasteiger partial charge is 0.288 e. The molecule has 0 bridgehead atoms. The Morgan fingerprint density at radius 3 is 2.77 bits per heavy atom. The molecular formula is C8H3BrFNO2. The molecule has 3 nitrogen and oxygen atoms in total.